The first-order valence-electron chi connectivity index (χ1n) is 7.19. The van der Waals surface area contributed by atoms with E-state index in [1.54, 1.807) is 23.1 Å². The lowest BCUT2D eigenvalue weighted by Crippen LogP contribution is -2.47. The molecule has 22 heavy (non-hydrogen) atoms. The lowest BCUT2D eigenvalue weighted by Gasteiger charge is -2.33. The number of hydrogen-bond donors (Lipinski definition) is 1. The van der Waals surface area contributed by atoms with Crippen LogP contribution in [0.25, 0.3) is 0 Å². The molecule has 5 heteroatoms. The Kier molecular flexibility index (Phi) is 4.20. The number of ether oxygens (including phenoxy) is 1. The molecule has 1 atom stereocenters. The Labute approximate surface area is 134 Å². The topological polar surface area (TPSA) is 41.6 Å². The van der Waals surface area contributed by atoms with Crippen molar-refractivity contribution in [3.63, 3.8) is 0 Å². The van der Waals surface area contributed by atoms with E-state index >= 15 is 0 Å². The Morgan fingerprint density at radius 1 is 1.32 bits per heavy atom. The van der Waals surface area contributed by atoms with Crippen molar-refractivity contribution in [3.8, 4) is 5.75 Å². The summed E-state index contributed by atoms with van der Waals surface area (Å²) in [4.78, 5) is 14.2. The average Bonchev–Trinajstić information content (AvgIpc) is 2.53. The summed E-state index contributed by atoms with van der Waals surface area (Å²) in [5.74, 6) is 0.679. The van der Waals surface area contributed by atoms with Gasteiger partial charge in [0.2, 0.25) is 0 Å². The van der Waals surface area contributed by atoms with E-state index in [1.165, 1.54) is 0 Å². The molecule has 2 amide bonds. The molecule has 1 aliphatic heterocycles. The van der Waals surface area contributed by atoms with E-state index in [9.17, 15) is 4.79 Å². The van der Waals surface area contributed by atoms with Gasteiger partial charge in [0.25, 0.3) is 0 Å². The highest BCUT2D eigenvalue weighted by atomic mass is 35.5. The first kappa shape index (κ1) is 14.7. The molecule has 0 radical (unpaired) electrons. The smallest absolute Gasteiger partial charge is 0.322 e. The Morgan fingerprint density at radius 2 is 2.09 bits per heavy atom. The maximum atomic E-state index is 12.5. The summed E-state index contributed by atoms with van der Waals surface area (Å²) in [6.45, 7) is 2.92. The molecule has 3 rings (SSSR count). The lowest BCUT2D eigenvalue weighted by molar-refractivity contribution is 0.205. The molecule has 0 saturated carbocycles. The zero-order chi connectivity index (χ0) is 15.5. The van der Waals surface area contributed by atoms with Gasteiger partial charge in [-0.2, -0.15) is 0 Å². The number of carbonyl (C=O) groups excluding carboxylic acids is 1. The van der Waals surface area contributed by atoms with Crippen LogP contribution < -0.4 is 15.0 Å². The summed E-state index contributed by atoms with van der Waals surface area (Å²) in [6.07, 6.45) is -0.0591. The molecule has 0 fully saturated rings. The van der Waals surface area contributed by atoms with Gasteiger partial charge in [0.05, 0.1) is 12.2 Å². The lowest BCUT2D eigenvalue weighted by atomic mass is 10.2. The molecule has 0 saturated heterocycles. The Bertz CT molecular complexity index is 676. The van der Waals surface area contributed by atoms with E-state index in [0.29, 0.717) is 29.5 Å². The number of carbonyl (C=O) groups is 1. The van der Waals surface area contributed by atoms with Gasteiger partial charge in [-0.1, -0.05) is 41.9 Å². The Hall–Kier alpha value is -2.20. The standard InChI is InChI=1S/C17H17ClN2O2/c1-12-11-20(15-9-14(18)7-8-16(15)22-12)17(21)19-10-13-5-3-2-4-6-13/h2-9,12H,10-11H2,1H3,(H,19,21)/t12-/m1/s1. The predicted molar refractivity (Wildman–Crippen MR) is 87.6 cm³/mol. The van der Waals surface area contributed by atoms with Crippen LogP contribution in [-0.4, -0.2) is 18.7 Å². The summed E-state index contributed by atoms with van der Waals surface area (Å²) >= 11 is 6.04. The molecule has 0 aromatic heterocycles. The highest BCUT2D eigenvalue weighted by Gasteiger charge is 2.27. The van der Waals surface area contributed by atoms with Gasteiger partial charge >= 0.3 is 6.03 Å². The van der Waals surface area contributed by atoms with Crippen molar-refractivity contribution in [2.75, 3.05) is 11.4 Å². The summed E-state index contributed by atoms with van der Waals surface area (Å²) in [7, 11) is 0. The van der Waals surface area contributed by atoms with Crippen LogP contribution in [-0.2, 0) is 6.54 Å². The number of benzene rings is 2. The molecule has 1 aliphatic rings. The van der Waals surface area contributed by atoms with E-state index in [0.717, 1.165) is 5.56 Å². The summed E-state index contributed by atoms with van der Waals surface area (Å²) in [5, 5.41) is 3.52. The fourth-order valence-electron chi connectivity index (χ4n) is 2.47. The van der Waals surface area contributed by atoms with Crippen molar-refractivity contribution >= 4 is 23.3 Å². The van der Waals surface area contributed by atoms with Crippen LogP contribution in [0.15, 0.2) is 48.5 Å². The average molecular weight is 317 g/mol. The molecule has 0 unspecified atom stereocenters. The molecule has 1 heterocycles. The van der Waals surface area contributed by atoms with Crippen LogP contribution in [0.1, 0.15) is 12.5 Å². The van der Waals surface area contributed by atoms with Gasteiger partial charge < -0.3 is 10.1 Å². The molecule has 114 valence electrons. The molecule has 4 nitrogen and oxygen atoms in total. The first-order valence-corrected chi connectivity index (χ1v) is 7.57. The van der Waals surface area contributed by atoms with Crippen molar-refractivity contribution in [1.29, 1.82) is 0 Å². The quantitative estimate of drug-likeness (QED) is 0.914. The van der Waals surface area contributed by atoms with Crippen LogP contribution in [0.5, 0.6) is 5.75 Å². The van der Waals surface area contributed by atoms with Gasteiger partial charge in [-0.15, -0.1) is 0 Å². The summed E-state index contributed by atoms with van der Waals surface area (Å²) in [6, 6.07) is 15.0. The van der Waals surface area contributed by atoms with Gasteiger partial charge in [-0.3, -0.25) is 4.90 Å². The largest absolute Gasteiger partial charge is 0.487 e. The SMILES string of the molecule is C[C@@H]1CN(C(=O)NCc2ccccc2)c2cc(Cl)ccc2O1. The number of nitrogens with zero attached hydrogens (tertiary/aromatic N) is 1. The molecule has 1 N–H and O–H groups in total. The number of rotatable bonds is 2. The van der Waals surface area contributed by atoms with Gasteiger partial charge in [0.1, 0.15) is 11.9 Å². The number of urea groups is 1. The molecular weight excluding hydrogens is 300 g/mol. The molecular formula is C17H17ClN2O2. The van der Waals surface area contributed by atoms with E-state index in [4.69, 9.17) is 16.3 Å². The van der Waals surface area contributed by atoms with Crippen LogP contribution >= 0.6 is 11.6 Å². The highest BCUT2D eigenvalue weighted by Crippen LogP contribution is 2.35. The number of hydrogen-bond acceptors (Lipinski definition) is 2. The minimum absolute atomic E-state index is 0.0591. The Morgan fingerprint density at radius 3 is 2.86 bits per heavy atom. The first-order chi connectivity index (χ1) is 10.6. The van der Waals surface area contributed by atoms with Gasteiger partial charge in [-0.05, 0) is 30.7 Å². The third-order valence-corrected chi connectivity index (χ3v) is 3.75. The van der Waals surface area contributed by atoms with Crippen molar-refractivity contribution in [3.05, 3.63) is 59.1 Å². The number of fused-ring (bicyclic) bond motifs is 1. The van der Waals surface area contributed by atoms with E-state index in [-0.39, 0.29) is 12.1 Å². The van der Waals surface area contributed by atoms with E-state index in [1.807, 2.05) is 37.3 Å². The predicted octanol–water partition coefficient (Wildman–Crippen LogP) is 3.84. The zero-order valence-corrected chi connectivity index (χ0v) is 13.0. The number of anilines is 1. The maximum absolute atomic E-state index is 12.5. The van der Waals surface area contributed by atoms with Crippen molar-refractivity contribution in [2.24, 2.45) is 0 Å². The summed E-state index contributed by atoms with van der Waals surface area (Å²) in [5.41, 5.74) is 1.76. The molecule has 2 aromatic rings. The highest BCUT2D eigenvalue weighted by molar-refractivity contribution is 6.31. The zero-order valence-electron chi connectivity index (χ0n) is 12.3. The third kappa shape index (κ3) is 3.17. The Balaban J connectivity index is 1.76. The van der Waals surface area contributed by atoms with Crippen LogP contribution in [0.3, 0.4) is 0 Å². The molecule has 0 spiro atoms. The second-order valence-corrected chi connectivity index (χ2v) is 5.73. The van der Waals surface area contributed by atoms with Crippen LogP contribution in [0.4, 0.5) is 10.5 Å². The van der Waals surface area contributed by atoms with E-state index in [2.05, 4.69) is 5.32 Å². The van der Waals surface area contributed by atoms with Gasteiger partial charge in [-0.25, -0.2) is 4.79 Å². The van der Waals surface area contributed by atoms with Crippen molar-refractivity contribution in [1.82, 2.24) is 5.32 Å². The maximum Gasteiger partial charge on any atom is 0.322 e. The van der Waals surface area contributed by atoms with E-state index < -0.39 is 0 Å². The minimum Gasteiger partial charge on any atom is -0.487 e. The second kappa shape index (κ2) is 6.28. The molecule has 0 aliphatic carbocycles. The van der Waals surface area contributed by atoms with Crippen molar-refractivity contribution < 1.29 is 9.53 Å². The monoisotopic (exact) mass is 316 g/mol. The normalized spacial score (nSPS) is 16.6. The van der Waals surface area contributed by atoms with Crippen LogP contribution in [0.2, 0.25) is 5.02 Å². The number of amides is 2. The minimum atomic E-state index is -0.150. The summed E-state index contributed by atoms with van der Waals surface area (Å²) < 4.78 is 5.75. The third-order valence-electron chi connectivity index (χ3n) is 3.51. The van der Waals surface area contributed by atoms with Crippen LogP contribution in [0, 0.1) is 0 Å². The molecule has 0 bridgehead atoms. The fourth-order valence-corrected chi connectivity index (χ4v) is 2.64. The van der Waals surface area contributed by atoms with Crippen molar-refractivity contribution in [2.45, 2.75) is 19.6 Å². The number of nitrogens with one attached hydrogen (secondary N) is 1. The number of halogens is 1. The fraction of sp³-hybridized carbons (Fsp3) is 0.235. The molecule has 2 aromatic carbocycles. The van der Waals surface area contributed by atoms with Gasteiger partial charge in [0.15, 0.2) is 0 Å². The van der Waals surface area contributed by atoms with Gasteiger partial charge in [0, 0.05) is 11.6 Å². The second-order valence-electron chi connectivity index (χ2n) is 5.30.